The normalized spacial score (nSPS) is 12.6. The Kier molecular flexibility index (Phi) is 10.0. The van der Waals surface area contributed by atoms with Gasteiger partial charge in [0.1, 0.15) is 0 Å². The first-order valence-electron chi connectivity index (χ1n) is 7.40. The lowest BCUT2D eigenvalue weighted by atomic mass is 10.2. The maximum Gasteiger partial charge on any atom is 0.321 e. The number of hydrogen-bond acceptors (Lipinski definition) is 4. The average Bonchev–Trinajstić information content (AvgIpc) is 2.37. The molecule has 6 heteroatoms. The molecule has 0 radical (unpaired) electrons. The SMILES string of the molecule is CCNC(=O)NC(=O)C(C)NCCCCN(C)C(C)C. The predicted octanol–water partition coefficient (Wildman–Crippen LogP) is 0.931. The Hall–Kier alpha value is -1.14. The summed E-state index contributed by atoms with van der Waals surface area (Å²) in [4.78, 5) is 25.1. The topological polar surface area (TPSA) is 73.5 Å². The first kappa shape index (κ1) is 18.9. The quantitative estimate of drug-likeness (QED) is 0.551. The number of carbonyl (C=O) groups excluding carboxylic acids is 2. The van der Waals surface area contributed by atoms with Crippen LogP contribution in [0.5, 0.6) is 0 Å². The molecule has 0 bridgehead atoms. The van der Waals surface area contributed by atoms with Gasteiger partial charge in [0.15, 0.2) is 0 Å². The highest BCUT2D eigenvalue weighted by Crippen LogP contribution is 1.97. The second-order valence-electron chi connectivity index (χ2n) is 5.31. The molecule has 0 aromatic heterocycles. The molecule has 0 fully saturated rings. The van der Waals surface area contributed by atoms with Gasteiger partial charge >= 0.3 is 6.03 Å². The lowest BCUT2D eigenvalue weighted by Gasteiger charge is -2.21. The molecule has 1 unspecified atom stereocenters. The highest BCUT2D eigenvalue weighted by molar-refractivity contribution is 5.96. The fourth-order valence-electron chi connectivity index (χ4n) is 1.58. The molecule has 0 aliphatic rings. The first-order chi connectivity index (χ1) is 9.38. The molecule has 0 saturated carbocycles. The van der Waals surface area contributed by atoms with Crippen LogP contribution >= 0.6 is 0 Å². The Morgan fingerprint density at radius 1 is 1.15 bits per heavy atom. The van der Waals surface area contributed by atoms with Crippen LogP contribution in [0.4, 0.5) is 4.79 Å². The van der Waals surface area contributed by atoms with Crippen LogP contribution in [0.25, 0.3) is 0 Å². The van der Waals surface area contributed by atoms with Gasteiger partial charge in [0, 0.05) is 12.6 Å². The van der Waals surface area contributed by atoms with Crippen LogP contribution in [0.1, 0.15) is 40.5 Å². The summed E-state index contributed by atoms with van der Waals surface area (Å²) in [5, 5.41) is 7.94. The summed E-state index contributed by atoms with van der Waals surface area (Å²) in [5.41, 5.74) is 0. The third kappa shape index (κ3) is 8.87. The van der Waals surface area contributed by atoms with Crippen LogP contribution in [-0.4, -0.2) is 55.6 Å². The Labute approximate surface area is 122 Å². The maximum atomic E-state index is 11.6. The van der Waals surface area contributed by atoms with Gasteiger partial charge in [0.25, 0.3) is 0 Å². The fourth-order valence-corrected chi connectivity index (χ4v) is 1.58. The largest absolute Gasteiger partial charge is 0.338 e. The van der Waals surface area contributed by atoms with Gasteiger partial charge in [0.2, 0.25) is 5.91 Å². The lowest BCUT2D eigenvalue weighted by Crippen LogP contribution is -2.48. The summed E-state index contributed by atoms with van der Waals surface area (Å²) >= 11 is 0. The van der Waals surface area contributed by atoms with Gasteiger partial charge in [-0.15, -0.1) is 0 Å². The van der Waals surface area contributed by atoms with Crippen molar-refractivity contribution in [2.75, 3.05) is 26.7 Å². The van der Waals surface area contributed by atoms with E-state index >= 15 is 0 Å². The Balaban J connectivity index is 3.69. The van der Waals surface area contributed by atoms with Crippen molar-refractivity contribution in [1.82, 2.24) is 20.9 Å². The van der Waals surface area contributed by atoms with Crippen LogP contribution < -0.4 is 16.0 Å². The molecule has 0 heterocycles. The fraction of sp³-hybridized carbons (Fsp3) is 0.857. The van der Waals surface area contributed by atoms with Crippen molar-refractivity contribution < 1.29 is 9.59 Å². The summed E-state index contributed by atoms with van der Waals surface area (Å²) in [5.74, 6) is -0.296. The molecule has 0 aliphatic carbocycles. The summed E-state index contributed by atoms with van der Waals surface area (Å²) < 4.78 is 0. The van der Waals surface area contributed by atoms with E-state index in [1.807, 2.05) is 0 Å². The molecule has 0 saturated heterocycles. The second-order valence-corrected chi connectivity index (χ2v) is 5.31. The zero-order chi connectivity index (χ0) is 15.5. The number of amides is 3. The minimum absolute atomic E-state index is 0.296. The number of urea groups is 1. The molecular formula is C14H30N4O2. The van der Waals surface area contributed by atoms with Gasteiger partial charge in [-0.05, 0) is 60.7 Å². The monoisotopic (exact) mass is 286 g/mol. The zero-order valence-electron chi connectivity index (χ0n) is 13.5. The zero-order valence-corrected chi connectivity index (χ0v) is 13.5. The van der Waals surface area contributed by atoms with E-state index in [1.54, 1.807) is 13.8 Å². The van der Waals surface area contributed by atoms with Gasteiger partial charge in [-0.25, -0.2) is 4.79 Å². The molecule has 6 nitrogen and oxygen atoms in total. The van der Waals surface area contributed by atoms with Crippen molar-refractivity contribution in [3.05, 3.63) is 0 Å². The maximum absolute atomic E-state index is 11.6. The minimum Gasteiger partial charge on any atom is -0.338 e. The molecule has 3 N–H and O–H groups in total. The molecule has 0 aromatic rings. The molecule has 3 amide bonds. The predicted molar refractivity (Wildman–Crippen MR) is 81.7 cm³/mol. The standard InChI is InChI=1S/C14H30N4O2/c1-6-15-14(20)17-13(19)12(4)16-9-7-8-10-18(5)11(2)3/h11-12,16H,6-10H2,1-5H3,(H2,15,17,19,20). The molecule has 0 aromatic carbocycles. The molecule has 118 valence electrons. The van der Waals surface area contributed by atoms with Gasteiger partial charge in [-0.3, -0.25) is 10.1 Å². The molecule has 1 atom stereocenters. The molecule has 20 heavy (non-hydrogen) atoms. The van der Waals surface area contributed by atoms with Crippen molar-refractivity contribution >= 4 is 11.9 Å². The number of nitrogens with zero attached hydrogens (tertiary/aromatic N) is 1. The molecule has 0 spiro atoms. The van der Waals surface area contributed by atoms with E-state index in [2.05, 4.69) is 41.7 Å². The van der Waals surface area contributed by atoms with Gasteiger partial charge in [-0.2, -0.15) is 0 Å². The Morgan fingerprint density at radius 2 is 1.80 bits per heavy atom. The third-order valence-corrected chi connectivity index (χ3v) is 3.24. The summed E-state index contributed by atoms with van der Waals surface area (Å²) in [6, 6.07) is -0.241. The number of carbonyl (C=O) groups is 2. The first-order valence-corrected chi connectivity index (χ1v) is 7.40. The number of unbranched alkanes of at least 4 members (excludes halogenated alkanes) is 1. The number of imide groups is 1. The van der Waals surface area contributed by atoms with E-state index < -0.39 is 6.03 Å². The van der Waals surface area contributed by atoms with Crippen LogP contribution in [0.15, 0.2) is 0 Å². The van der Waals surface area contributed by atoms with Crippen LogP contribution in [0.2, 0.25) is 0 Å². The van der Waals surface area contributed by atoms with Crippen LogP contribution in [-0.2, 0) is 4.79 Å². The molecule has 0 aliphatic heterocycles. The van der Waals surface area contributed by atoms with E-state index in [0.717, 1.165) is 25.9 Å². The minimum atomic E-state index is -0.440. The van der Waals surface area contributed by atoms with Crippen molar-refractivity contribution in [3.63, 3.8) is 0 Å². The number of nitrogens with one attached hydrogen (secondary N) is 3. The van der Waals surface area contributed by atoms with Crippen LogP contribution in [0, 0.1) is 0 Å². The van der Waals surface area contributed by atoms with E-state index in [9.17, 15) is 9.59 Å². The Bertz CT molecular complexity index is 295. The average molecular weight is 286 g/mol. The molecule has 0 rings (SSSR count). The highest BCUT2D eigenvalue weighted by atomic mass is 16.2. The van der Waals surface area contributed by atoms with E-state index in [-0.39, 0.29) is 11.9 Å². The summed E-state index contributed by atoms with van der Waals surface area (Å²) in [6.45, 7) is 10.2. The van der Waals surface area contributed by atoms with Crippen LogP contribution in [0.3, 0.4) is 0 Å². The van der Waals surface area contributed by atoms with E-state index in [0.29, 0.717) is 12.6 Å². The summed E-state index contributed by atoms with van der Waals surface area (Å²) in [6.07, 6.45) is 2.10. The third-order valence-electron chi connectivity index (χ3n) is 3.24. The van der Waals surface area contributed by atoms with Gasteiger partial charge in [-0.1, -0.05) is 0 Å². The van der Waals surface area contributed by atoms with E-state index in [1.165, 1.54) is 0 Å². The second kappa shape index (κ2) is 10.6. The Morgan fingerprint density at radius 3 is 2.35 bits per heavy atom. The van der Waals surface area contributed by atoms with Gasteiger partial charge < -0.3 is 15.5 Å². The van der Waals surface area contributed by atoms with Crippen molar-refractivity contribution in [2.24, 2.45) is 0 Å². The summed E-state index contributed by atoms with van der Waals surface area (Å²) in [7, 11) is 2.11. The lowest BCUT2D eigenvalue weighted by molar-refractivity contribution is -0.121. The molecular weight excluding hydrogens is 256 g/mol. The van der Waals surface area contributed by atoms with E-state index in [4.69, 9.17) is 0 Å². The number of hydrogen-bond donors (Lipinski definition) is 3. The number of rotatable bonds is 9. The highest BCUT2D eigenvalue weighted by Gasteiger charge is 2.14. The smallest absolute Gasteiger partial charge is 0.321 e. The van der Waals surface area contributed by atoms with Gasteiger partial charge in [0.05, 0.1) is 6.04 Å². The van der Waals surface area contributed by atoms with Crippen molar-refractivity contribution in [2.45, 2.75) is 52.6 Å². The van der Waals surface area contributed by atoms with Crippen molar-refractivity contribution in [1.29, 1.82) is 0 Å². The van der Waals surface area contributed by atoms with Crippen molar-refractivity contribution in [3.8, 4) is 0 Å².